The maximum atomic E-state index is 12.5. The van der Waals surface area contributed by atoms with Crippen LogP contribution in [0.5, 0.6) is 0 Å². The molecule has 2 rings (SSSR count). The van der Waals surface area contributed by atoms with Gasteiger partial charge in [-0.1, -0.05) is 30.3 Å². The molecule has 0 spiro atoms. The van der Waals surface area contributed by atoms with Crippen LogP contribution in [0.1, 0.15) is 52.0 Å². The third-order valence-electron chi connectivity index (χ3n) is 3.99. The number of carbonyl (C=O) groups is 2. The van der Waals surface area contributed by atoms with Crippen LogP contribution in [-0.4, -0.2) is 29.8 Å². The molecule has 1 aliphatic carbocycles. The molecular weight excluding hydrogens is 294 g/mol. The Bertz CT molecular complexity index is 564. The van der Waals surface area contributed by atoms with E-state index in [2.05, 4.69) is 5.32 Å². The van der Waals surface area contributed by atoms with Crippen LogP contribution >= 0.6 is 0 Å². The summed E-state index contributed by atoms with van der Waals surface area (Å²) in [6, 6.07) is 9.72. The Morgan fingerprint density at radius 2 is 1.91 bits per heavy atom. The van der Waals surface area contributed by atoms with Gasteiger partial charge in [0.2, 0.25) is 0 Å². The normalized spacial score (nSPS) is 23.6. The quantitative estimate of drug-likeness (QED) is 0.864. The first kappa shape index (κ1) is 17.3. The molecular formula is C18H25NO4. The van der Waals surface area contributed by atoms with Crippen LogP contribution in [0, 0.1) is 0 Å². The largest absolute Gasteiger partial charge is 0.464 e. The van der Waals surface area contributed by atoms with E-state index in [4.69, 9.17) is 9.47 Å². The zero-order valence-electron chi connectivity index (χ0n) is 14.2. The molecule has 1 aromatic carbocycles. The monoisotopic (exact) mass is 319 g/mol. The molecule has 1 saturated carbocycles. The van der Waals surface area contributed by atoms with Gasteiger partial charge in [-0.15, -0.1) is 0 Å². The maximum Gasteiger partial charge on any atom is 0.408 e. The number of hydrogen-bond acceptors (Lipinski definition) is 4. The van der Waals surface area contributed by atoms with Crippen molar-refractivity contribution < 1.29 is 19.1 Å². The van der Waals surface area contributed by atoms with Gasteiger partial charge < -0.3 is 14.8 Å². The van der Waals surface area contributed by atoms with Crippen molar-refractivity contribution in [2.75, 3.05) is 6.61 Å². The van der Waals surface area contributed by atoms with Crippen molar-refractivity contribution >= 4 is 12.1 Å². The standard InChI is InChI=1S/C18H25NO4/c1-5-22-15(20)18(19-16(21)23-17(2,3)4)12-11-14(18)13-9-7-6-8-10-13/h6-10,14H,5,11-12H2,1-4H3,(H,19,21). The lowest BCUT2D eigenvalue weighted by Crippen LogP contribution is -2.64. The summed E-state index contributed by atoms with van der Waals surface area (Å²) < 4.78 is 10.5. The van der Waals surface area contributed by atoms with Gasteiger partial charge in [0.25, 0.3) is 0 Å². The molecule has 1 N–H and O–H groups in total. The lowest BCUT2D eigenvalue weighted by atomic mass is 9.63. The number of carbonyl (C=O) groups excluding carboxylic acids is 2. The lowest BCUT2D eigenvalue weighted by Gasteiger charge is -2.47. The summed E-state index contributed by atoms with van der Waals surface area (Å²) in [5.41, 5.74) is -0.645. The van der Waals surface area contributed by atoms with E-state index < -0.39 is 23.2 Å². The number of alkyl carbamates (subject to hydrolysis) is 1. The fraction of sp³-hybridized carbons (Fsp3) is 0.556. The van der Waals surface area contributed by atoms with Gasteiger partial charge in [-0.2, -0.15) is 0 Å². The Labute approximate surface area is 137 Å². The molecule has 126 valence electrons. The predicted octanol–water partition coefficient (Wildman–Crippen LogP) is 3.39. The zero-order valence-corrected chi connectivity index (χ0v) is 14.2. The molecule has 0 aliphatic heterocycles. The molecule has 2 unspecified atom stereocenters. The van der Waals surface area contributed by atoms with Gasteiger partial charge >= 0.3 is 12.1 Å². The van der Waals surface area contributed by atoms with Gasteiger partial charge in [-0.3, -0.25) is 0 Å². The highest BCUT2D eigenvalue weighted by Gasteiger charge is 2.56. The van der Waals surface area contributed by atoms with Crippen molar-refractivity contribution in [3.05, 3.63) is 35.9 Å². The number of amides is 1. The Hall–Kier alpha value is -2.04. The van der Waals surface area contributed by atoms with E-state index in [-0.39, 0.29) is 12.5 Å². The summed E-state index contributed by atoms with van der Waals surface area (Å²) >= 11 is 0. The zero-order chi connectivity index (χ0) is 17.1. The summed E-state index contributed by atoms with van der Waals surface area (Å²) in [6.07, 6.45) is 0.773. The first-order valence-corrected chi connectivity index (χ1v) is 8.02. The van der Waals surface area contributed by atoms with E-state index in [1.165, 1.54) is 0 Å². The van der Waals surface area contributed by atoms with Gasteiger partial charge in [0.1, 0.15) is 11.1 Å². The molecule has 1 aliphatic rings. The van der Waals surface area contributed by atoms with E-state index in [0.717, 1.165) is 12.0 Å². The van der Waals surface area contributed by atoms with Crippen molar-refractivity contribution in [2.24, 2.45) is 0 Å². The summed E-state index contributed by atoms with van der Waals surface area (Å²) in [4.78, 5) is 24.8. The molecule has 1 amide bonds. The van der Waals surface area contributed by atoms with Crippen molar-refractivity contribution in [2.45, 2.75) is 57.6 Å². The smallest absolute Gasteiger partial charge is 0.408 e. The second-order valence-electron chi connectivity index (χ2n) is 6.82. The highest BCUT2D eigenvalue weighted by molar-refractivity contribution is 5.88. The first-order valence-electron chi connectivity index (χ1n) is 8.02. The second kappa shape index (κ2) is 6.60. The molecule has 2 atom stereocenters. The fourth-order valence-electron chi connectivity index (χ4n) is 2.90. The average Bonchev–Trinajstić information content (AvgIpc) is 2.43. The predicted molar refractivity (Wildman–Crippen MR) is 87.2 cm³/mol. The van der Waals surface area contributed by atoms with Crippen molar-refractivity contribution in [3.63, 3.8) is 0 Å². The maximum absolute atomic E-state index is 12.5. The molecule has 23 heavy (non-hydrogen) atoms. The SMILES string of the molecule is CCOC(=O)C1(NC(=O)OC(C)(C)C)CCC1c1ccccc1. The third-order valence-corrected chi connectivity index (χ3v) is 3.99. The Morgan fingerprint density at radius 3 is 2.39 bits per heavy atom. The number of ether oxygens (including phenoxy) is 2. The molecule has 0 radical (unpaired) electrons. The van der Waals surface area contributed by atoms with Crippen LogP contribution in [0.15, 0.2) is 30.3 Å². The Kier molecular flexibility index (Phi) is 4.97. The summed E-state index contributed by atoms with van der Waals surface area (Å²) in [5, 5.41) is 2.78. The fourth-order valence-corrected chi connectivity index (χ4v) is 2.90. The van der Waals surface area contributed by atoms with Gasteiger partial charge in [0.05, 0.1) is 6.61 Å². The van der Waals surface area contributed by atoms with Crippen LogP contribution in [0.3, 0.4) is 0 Å². The highest BCUT2D eigenvalue weighted by Crippen LogP contribution is 2.47. The minimum atomic E-state index is -1.04. The summed E-state index contributed by atoms with van der Waals surface area (Å²) in [5.74, 6) is -0.499. The van der Waals surface area contributed by atoms with Crippen LogP contribution in [-0.2, 0) is 14.3 Å². The number of esters is 1. The number of benzene rings is 1. The Balaban J connectivity index is 2.24. The van der Waals surface area contributed by atoms with Crippen molar-refractivity contribution in [1.82, 2.24) is 5.32 Å². The van der Waals surface area contributed by atoms with Gasteiger partial charge in [0.15, 0.2) is 0 Å². The highest BCUT2D eigenvalue weighted by atomic mass is 16.6. The minimum Gasteiger partial charge on any atom is -0.464 e. The Morgan fingerprint density at radius 1 is 1.26 bits per heavy atom. The third kappa shape index (κ3) is 3.84. The molecule has 0 aromatic heterocycles. The number of hydrogen-bond donors (Lipinski definition) is 1. The van der Waals surface area contributed by atoms with Crippen molar-refractivity contribution in [3.8, 4) is 0 Å². The van der Waals surface area contributed by atoms with E-state index in [0.29, 0.717) is 6.42 Å². The van der Waals surface area contributed by atoms with E-state index in [1.807, 2.05) is 30.3 Å². The second-order valence-corrected chi connectivity index (χ2v) is 6.82. The number of rotatable bonds is 4. The molecule has 5 nitrogen and oxygen atoms in total. The number of nitrogens with one attached hydrogen (secondary N) is 1. The summed E-state index contributed by atoms with van der Waals surface area (Å²) in [7, 11) is 0. The minimum absolute atomic E-state index is 0.102. The van der Waals surface area contributed by atoms with Crippen LogP contribution in [0.25, 0.3) is 0 Å². The van der Waals surface area contributed by atoms with E-state index >= 15 is 0 Å². The summed E-state index contributed by atoms with van der Waals surface area (Å²) in [6.45, 7) is 7.41. The van der Waals surface area contributed by atoms with Gasteiger partial charge in [-0.05, 0) is 46.1 Å². The lowest BCUT2D eigenvalue weighted by molar-refractivity contribution is -0.156. The molecule has 1 fully saturated rings. The first-order chi connectivity index (χ1) is 10.8. The van der Waals surface area contributed by atoms with E-state index in [1.54, 1.807) is 27.7 Å². The molecule has 0 heterocycles. The molecule has 0 saturated heterocycles. The van der Waals surface area contributed by atoms with Crippen molar-refractivity contribution in [1.29, 1.82) is 0 Å². The van der Waals surface area contributed by atoms with Crippen LogP contribution in [0.4, 0.5) is 4.79 Å². The van der Waals surface area contributed by atoms with Crippen LogP contribution < -0.4 is 5.32 Å². The van der Waals surface area contributed by atoms with Gasteiger partial charge in [0, 0.05) is 5.92 Å². The molecule has 0 bridgehead atoms. The molecule has 5 heteroatoms. The van der Waals surface area contributed by atoms with E-state index in [9.17, 15) is 9.59 Å². The average molecular weight is 319 g/mol. The van der Waals surface area contributed by atoms with Crippen LogP contribution in [0.2, 0.25) is 0 Å². The van der Waals surface area contributed by atoms with Gasteiger partial charge in [-0.25, -0.2) is 9.59 Å². The topological polar surface area (TPSA) is 64.6 Å². The molecule has 1 aromatic rings.